The zero-order valence-corrected chi connectivity index (χ0v) is 11.0. The molecule has 0 saturated heterocycles. The average Bonchev–Trinajstić information content (AvgIpc) is 2.49. The van der Waals surface area contributed by atoms with Gasteiger partial charge in [0.05, 0.1) is 5.02 Å². The predicted octanol–water partition coefficient (Wildman–Crippen LogP) is 2.83. The minimum atomic E-state index is -0.457. The number of anilines is 1. The summed E-state index contributed by atoms with van der Waals surface area (Å²) < 4.78 is 0. The summed E-state index contributed by atoms with van der Waals surface area (Å²) in [6.07, 6.45) is 4.36. The van der Waals surface area contributed by atoms with E-state index in [2.05, 4.69) is 15.3 Å². The van der Waals surface area contributed by atoms with Crippen LogP contribution in [0.5, 0.6) is 0 Å². The maximum atomic E-state index is 12.2. The molecule has 1 aromatic carbocycles. The Bertz CT molecular complexity index is 692. The Morgan fingerprint density at radius 3 is 2.60 bits per heavy atom. The number of hydrogen-bond acceptors (Lipinski definition) is 5. The van der Waals surface area contributed by atoms with Crippen LogP contribution in [0.3, 0.4) is 0 Å². The summed E-state index contributed by atoms with van der Waals surface area (Å²) >= 11 is 5.93. The highest BCUT2D eigenvalue weighted by atomic mass is 35.5. The molecule has 5 nitrogen and oxygen atoms in total. The highest BCUT2D eigenvalue weighted by Crippen LogP contribution is 2.18. The number of halogens is 1. The van der Waals surface area contributed by atoms with Crippen LogP contribution in [0.4, 0.5) is 5.95 Å². The minimum Gasteiger partial charge on any atom is -0.329 e. The molecule has 0 radical (unpaired) electrons. The van der Waals surface area contributed by atoms with Gasteiger partial charge >= 0.3 is 0 Å². The highest BCUT2D eigenvalue weighted by Gasteiger charge is 2.14. The van der Waals surface area contributed by atoms with Crippen molar-refractivity contribution in [3.63, 3.8) is 0 Å². The fraction of sp³-hybridized carbons (Fsp3) is 0. The van der Waals surface area contributed by atoms with Gasteiger partial charge in [0.15, 0.2) is 0 Å². The van der Waals surface area contributed by atoms with Crippen molar-refractivity contribution in [1.29, 1.82) is 5.26 Å². The van der Waals surface area contributed by atoms with Gasteiger partial charge in [0, 0.05) is 24.2 Å². The van der Waals surface area contributed by atoms with Crippen molar-refractivity contribution >= 4 is 23.3 Å². The molecule has 0 saturated carbocycles. The number of allylic oxidation sites excluding steroid dienone is 1. The SMILES string of the molecule is N#CC(=CNc1ncccn1)C(=O)c1ccccc1Cl. The molecule has 0 unspecified atom stereocenters. The number of nitriles is 1. The number of rotatable bonds is 4. The second-order valence-corrected chi connectivity index (χ2v) is 4.10. The first-order valence-electron chi connectivity index (χ1n) is 5.65. The molecular formula is C14H9ClN4O. The number of carbonyl (C=O) groups is 1. The maximum absolute atomic E-state index is 12.2. The molecule has 0 spiro atoms. The lowest BCUT2D eigenvalue weighted by Crippen LogP contribution is -2.05. The number of nitrogens with one attached hydrogen (secondary N) is 1. The molecular weight excluding hydrogens is 276 g/mol. The third kappa shape index (κ3) is 3.19. The van der Waals surface area contributed by atoms with E-state index in [0.717, 1.165) is 0 Å². The van der Waals surface area contributed by atoms with E-state index in [1.54, 1.807) is 42.7 Å². The van der Waals surface area contributed by atoms with Gasteiger partial charge < -0.3 is 5.32 Å². The van der Waals surface area contributed by atoms with E-state index in [1.165, 1.54) is 6.20 Å². The van der Waals surface area contributed by atoms with E-state index in [1.807, 2.05) is 6.07 Å². The average molecular weight is 285 g/mol. The summed E-state index contributed by atoms with van der Waals surface area (Å²) in [6.45, 7) is 0. The molecule has 20 heavy (non-hydrogen) atoms. The Balaban J connectivity index is 2.23. The Labute approximate surface area is 120 Å². The van der Waals surface area contributed by atoms with Crippen molar-refractivity contribution in [2.24, 2.45) is 0 Å². The van der Waals surface area contributed by atoms with Crippen LogP contribution < -0.4 is 5.32 Å². The fourth-order valence-corrected chi connectivity index (χ4v) is 1.67. The van der Waals surface area contributed by atoms with Crippen LogP contribution in [0.25, 0.3) is 0 Å². The Kier molecular flexibility index (Phi) is 4.43. The van der Waals surface area contributed by atoms with Crippen LogP contribution >= 0.6 is 11.6 Å². The Hall–Kier alpha value is -2.71. The maximum Gasteiger partial charge on any atom is 0.226 e. The monoisotopic (exact) mass is 284 g/mol. The molecule has 2 aromatic rings. The first kappa shape index (κ1) is 13.7. The molecule has 0 atom stereocenters. The van der Waals surface area contributed by atoms with Crippen molar-refractivity contribution in [1.82, 2.24) is 9.97 Å². The van der Waals surface area contributed by atoms with E-state index >= 15 is 0 Å². The number of ketones is 1. The molecule has 0 aliphatic rings. The summed E-state index contributed by atoms with van der Waals surface area (Å²) in [4.78, 5) is 20.0. The number of nitrogens with zero attached hydrogens (tertiary/aromatic N) is 3. The molecule has 98 valence electrons. The second kappa shape index (κ2) is 6.45. The van der Waals surface area contributed by atoms with Crippen LogP contribution in [0.2, 0.25) is 5.02 Å². The lowest BCUT2D eigenvalue weighted by molar-refractivity contribution is 0.103. The fourth-order valence-electron chi connectivity index (χ4n) is 1.45. The van der Waals surface area contributed by atoms with E-state index in [4.69, 9.17) is 16.9 Å². The van der Waals surface area contributed by atoms with Crippen LogP contribution in [0.15, 0.2) is 54.5 Å². The van der Waals surface area contributed by atoms with Gasteiger partial charge in [0.2, 0.25) is 11.7 Å². The molecule has 2 rings (SSSR count). The van der Waals surface area contributed by atoms with Crippen molar-refractivity contribution in [3.05, 3.63) is 65.1 Å². The molecule has 0 fully saturated rings. The lowest BCUT2D eigenvalue weighted by atomic mass is 10.1. The predicted molar refractivity (Wildman–Crippen MR) is 75.1 cm³/mol. The van der Waals surface area contributed by atoms with Gasteiger partial charge in [-0.15, -0.1) is 0 Å². The third-order valence-corrected chi connectivity index (χ3v) is 2.72. The normalized spacial score (nSPS) is 10.7. The highest BCUT2D eigenvalue weighted by molar-refractivity contribution is 6.35. The van der Waals surface area contributed by atoms with Crippen molar-refractivity contribution in [2.75, 3.05) is 5.32 Å². The number of hydrogen-bond donors (Lipinski definition) is 1. The molecule has 1 heterocycles. The first-order chi connectivity index (χ1) is 9.72. The van der Waals surface area contributed by atoms with Crippen LogP contribution in [0, 0.1) is 11.3 Å². The van der Waals surface area contributed by atoms with Crippen LogP contribution in [-0.2, 0) is 0 Å². The number of carbonyl (C=O) groups excluding carboxylic acids is 1. The minimum absolute atomic E-state index is 0.0782. The second-order valence-electron chi connectivity index (χ2n) is 3.70. The number of aromatic nitrogens is 2. The summed E-state index contributed by atoms with van der Waals surface area (Å²) in [5.41, 5.74) is 0.197. The van der Waals surface area contributed by atoms with Gasteiger partial charge in [-0.3, -0.25) is 4.79 Å². The van der Waals surface area contributed by atoms with Gasteiger partial charge in [-0.2, -0.15) is 5.26 Å². The molecule has 0 aliphatic carbocycles. The Morgan fingerprint density at radius 2 is 1.95 bits per heavy atom. The summed E-state index contributed by atoms with van der Waals surface area (Å²) in [5.74, 6) is -0.159. The number of benzene rings is 1. The van der Waals surface area contributed by atoms with Crippen LogP contribution in [0.1, 0.15) is 10.4 Å². The number of Topliss-reactive ketones (excluding diaryl/α,β-unsaturated/α-hetero) is 1. The topological polar surface area (TPSA) is 78.7 Å². The van der Waals surface area contributed by atoms with Gasteiger partial charge in [-0.05, 0) is 18.2 Å². The molecule has 1 N–H and O–H groups in total. The van der Waals surface area contributed by atoms with Gasteiger partial charge in [0.25, 0.3) is 0 Å². The standard InChI is InChI=1S/C14H9ClN4O/c15-12-5-2-1-4-11(12)13(20)10(8-16)9-19-14-17-6-3-7-18-14/h1-7,9H,(H,17,18,19). The molecule has 0 bridgehead atoms. The van der Waals surface area contributed by atoms with E-state index in [-0.39, 0.29) is 11.1 Å². The largest absolute Gasteiger partial charge is 0.329 e. The molecule has 6 heteroatoms. The van der Waals surface area contributed by atoms with Crippen molar-refractivity contribution < 1.29 is 4.79 Å². The summed E-state index contributed by atoms with van der Waals surface area (Å²) in [7, 11) is 0. The third-order valence-electron chi connectivity index (χ3n) is 2.39. The first-order valence-corrected chi connectivity index (χ1v) is 6.03. The van der Waals surface area contributed by atoms with Gasteiger partial charge in [-0.1, -0.05) is 23.7 Å². The molecule has 0 aliphatic heterocycles. The summed E-state index contributed by atoms with van der Waals surface area (Å²) in [5, 5.41) is 12.1. The van der Waals surface area contributed by atoms with Crippen molar-refractivity contribution in [3.8, 4) is 6.07 Å². The zero-order valence-electron chi connectivity index (χ0n) is 10.2. The van der Waals surface area contributed by atoms with Crippen molar-refractivity contribution in [2.45, 2.75) is 0 Å². The smallest absolute Gasteiger partial charge is 0.226 e. The quantitative estimate of drug-likeness (QED) is 0.530. The summed E-state index contributed by atoms with van der Waals surface area (Å²) in [6, 6.07) is 10.0. The molecule has 1 aromatic heterocycles. The van der Waals surface area contributed by atoms with E-state index in [9.17, 15) is 4.79 Å². The van der Waals surface area contributed by atoms with Crippen LogP contribution in [-0.4, -0.2) is 15.8 Å². The lowest BCUT2D eigenvalue weighted by Gasteiger charge is -2.02. The Morgan fingerprint density at radius 1 is 1.25 bits per heavy atom. The van der Waals surface area contributed by atoms with Gasteiger partial charge in [-0.25, -0.2) is 9.97 Å². The van der Waals surface area contributed by atoms with E-state index in [0.29, 0.717) is 11.0 Å². The van der Waals surface area contributed by atoms with E-state index < -0.39 is 5.78 Å². The zero-order chi connectivity index (χ0) is 14.4. The van der Waals surface area contributed by atoms with Gasteiger partial charge in [0.1, 0.15) is 11.6 Å². The molecule has 0 amide bonds.